The first-order chi connectivity index (χ1) is 12.0. The Morgan fingerprint density at radius 3 is 2.60 bits per heavy atom. The molecule has 1 aliphatic rings. The van der Waals surface area contributed by atoms with E-state index in [0.29, 0.717) is 19.6 Å². The molecule has 7 heteroatoms. The molecule has 25 heavy (non-hydrogen) atoms. The minimum absolute atomic E-state index is 0.0427. The van der Waals surface area contributed by atoms with Crippen LogP contribution in [0.4, 0.5) is 18.9 Å². The second-order valence-corrected chi connectivity index (χ2v) is 5.95. The molecule has 2 aromatic rings. The largest absolute Gasteiger partial charge is 0.325 e. The van der Waals surface area contributed by atoms with Gasteiger partial charge < -0.3 is 10.6 Å². The van der Waals surface area contributed by atoms with Crippen LogP contribution in [0.3, 0.4) is 0 Å². The highest BCUT2D eigenvalue weighted by Crippen LogP contribution is 2.23. The van der Waals surface area contributed by atoms with Crippen molar-refractivity contribution in [3.8, 4) is 0 Å². The van der Waals surface area contributed by atoms with Crippen molar-refractivity contribution in [2.45, 2.75) is 6.04 Å². The molecule has 0 radical (unpaired) electrons. The fraction of sp³-hybridized carbons (Fsp3) is 0.278. The van der Waals surface area contributed by atoms with Gasteiger partial charge in [0.05, 0.1) is 6.54 Å². The van der Waals surface area contributed by atoms with Crippen molar-refractivity contribution in [3.63, 3.8) is 0 Å². The van der Waals surface area contributed by atoms with Gasteiger partial charge in [-0.2, -0.15) is 0 Å². The number of piperazine rings is 1. The average Bonchev–Trinajstić information content (AvgIpc) is 2.54. The van der Waals surface area contributed by atoms with Gasteiger partial charge in [0.25, 0.3) is 0 Å². The van der Waals surface area contributed by atoms with Crippen molar-refractivity contribution in [3.05, 3.63) is 65.5 Å². The monoisotopic (exact) mass is 349 g/mol. The summed E-state index contributed by atoms with van der Waals surface area (Å²) in [7, 11) is 0. The van der Waals surface area contributed by atoms with Crippen LogP contribution in [0.5, 0.6) is 0 Å². The van der Waals surface area contributed by atoms with E-state index in [9.17, 15) is 18.0 Å². The van der Waals surface area contributed by atoms with Gasteiger partial charge in [-0.1, -0.05) is 12.1 Å². The van der Waals surface area contributed by atoms with Gasteiger partial charge in [-0.3, -0.25) is 9.69 Å². The first-order valence-electron chi connectivity index (χ1n) is 7.97. The van der Waals surface area contributed by atoms with Crippen molar-refractivity contribution in [1.82, 2.24) is 10.2 Å². The fourth-order valence-electron chi connectivity index (χ4n) is 2.99. The van der Waals surface area contributed by atoms with Crippen LogP contribution in [0.25, 0.3) is 0 Å². The lowest BCUT2D eigenvalue weighted by atomic mass is 10.0. The first-order valence-corrected chi connectivity index (χ1v) is 7.97. The Bertz CT molecular complexity index is 749. The van der Waals surface area contributed by atoms with Crippen LogP contribution in [-0.2, 0) is 4.79 Å². The van der Waals surface area contributed by atoms with Gasteiger partial charge in [0.2, 0.25) is 5.91 Å². The van der Waals surface area contributed by atoms with Crippen molar-refractivity contribution in [2.75, 3.05) is 31.5 Å². The summed E-state index contributed by atoms with van der Waals surface area (Å²) in [6.45, 7) is 1.94. The van der Waals surface area contributed by atoms with E-state index in [2.05, 4.69) is 10.6 Å². The van der Waals surface area contributed by atoms with Crippen molar-refractivity contribution >= 4 is 11.6 Å². The smallest absolute Gasteiger partial charge is 0.238 e. The lowest BCUT2D eigenvalue weighted by molar-refractivity contribution is -0.118. The van der Waals surface area contributed by atoms with Crippen molar-refractivity contribution < 1.29 is 18.0 Å². The fourth-order valence-corrected chi connectivity index (χ4v) is 2.99. The summed E-state index contributed by atoms with van der Waals surface area (Å²) >= 11 is 0. The number of hydrogen-bond donors (Lipinski definition) is 2. The maximum absolute atomic E-state index is 13.5. The number of carbonyl (C=O) groups excluding carboxylic acids is 1. The third-order valence-electron chi connectivity index (χ3n) is 4.08. The Kier molecular flexibility index (Phi) is 5.35. The molecule has 1 heterocycles. The Labute approximate surface area is 143 Å². The van der Waals surface area contributed by atoms with Gasteiger partial charge in [0.15, 0.2) is 0 Å². The summed E-state index contributed by atoms with van der Waals surface area (Å²) in [5.74, 6) is -2.22. The van der Waals surface area contributed by atoms with Crippen LogP contribution in [0.15, 0.2) is 42.5 Å². The highest BCUT2D eigenvalue weighted by molar-refractivity contribution is 5.92. The molecule has 0 aliphatic carbocycles. The molecule has 1 fully saturated rings. The van der Waals surface area contributed by atoms with E-state index in [-0.39, 0.29) is 30.0 Å². The second kappa shape index (κ2) is 7.67. The third-order valence-corrected chi connectivity index (χ3v) is 4.08. The van der Waals surface area contributed by atoms with Gasteiger partial charge >= 0.3 is 0 Å². The summed E-state index contributed by atoms with van der Waals surface area (Å²) in [6.07, 6.45) is 0. The molecule has 1 unspecified atom stereocenters. The zero-order valence-electron chi connectivity index (χ0n) is 13.4. The van der Waals surface area contributed by atoms with Crippen molar-refractivity contribution in [1.29, 1.82) is 0 Å². The SMILES string of the molecule is O=C(CN1CCNCC1c1cccc(F)c1)Nc1cc(F)cc(F)c1. The molecular formula is C18H18F3N3O. The molecule has 2 aromatic carbocycles. The zero-order valence-corrected chi connectivity index (χ0v) is 13.4. The molecule has 1 aliphatic heterocycles. The van der Waals surface area contributed by atoms with Crippen LogP contribution in [0.1, 0.15) is 11.6 Å². The molecule has 2 N–H and O–H groups in total. The maximum Gasteiger partial charge on any atom is 0.238 e. The molecule has 0 spiro atoms. The van der Waals surface area contributed by atoms with E-state index < -0.39 is 11.6 Å². The molecule has 4 nitrogen and oxygen atoms in total. The Morgan fingerprint density at radius 1 is 1.12 bits per heavy atom. The van der Waals surface area contributed by atoms with Crippen LogP contribution in [0, 0.1) is 17.5 Å². The molecule has 1 saturated heterocycles. The molecule has 0 saturated carbocycles. The number of halogens is 3. The Morgan fingerprint density at radius 2 is 1.88 bits per heavy atom. The quantitative estimate of drug-likeness (QED) is 0.892. The highest BCUT2D eigenvalue weighted by Gasteiger charge is 2.25. The highest BCUT2D eigenvalue weighted by atomic mass is 19.1. The minimum Gasteiger partial charge on any atom is -0.325 e. The minimum atomic E-state index is -0.755. The predicted octanol–water partition coefficient (Wildman–Crippen LogP) is 2.69. The predicted molar refractivity (Wildman–Crippen MR) is 88.6 cm³/mol. The topological polar surface area (TPSA) is 44.4 Å². The number of carbonyl (C=O) groups is 1. The van der Waals surface area contributed by atoms with E-state index in [1.165, 1.54) is 12.1 Å². The van der Waals surface area contributed by atoms with Crippen LogP contribution in [-0.4, -0.2) is 37.0 Å². The van der Waals surface area contributed by atoms with Crippen LogP contribution < -0.4 is 10.6 Å². The number of amides is 1. The van der Waals surface area contributed by atoms with Gasteiger partial charge in [-0.25, -0.2) is 13.2 Å². The summed E-state index contributed by atoms with van der Waals surface area (Å²) in [6, 6.07) is 8.97. The molecule has 1 atom stereocenters. The van der Waals surface area contributed by atoms with Crippen LogP contribution >= 0.6 is 0 Å². The average molecular weight is 349 g/mol. The van der Waals surface area contributed by atoms with Crippen LogP contribution in [0.2, 0.25) is 0 Å². The molecule has 1 amide bonds. The number of anilines is 1. The first kappa shape index (κ1) is 17.4. The summed E-state index contributed by atoms with van der Waals surface area (Å²) in [5, 5.41) is 5.72. The molecule has 3 rings (SSSR count). The summed E-state index contributed by atoms with van der Waals surface area (Å²) in [4.78, 5) is 14.2. The molecule has 0 bridgehead atoms. The summed E-state index contributed by atoms with van der Waals surface area (Å²) < 4.78 is 39.9. The normalized spacial score (nSPS) is 18.1. The van der Waals surface area contributed by atoms with E-state index in [0.717, 1.165) is 23.8 Å². The van der Waals surface area contributed by atoms with E-state index in [4.69, 9.17) is 0 Å². The standard InChI is InChI=1S/C18H18F3N3O/c19-13-3-1-2-12(6-13)17-10-22-4-5-24(17)11-18(25)23-16-8-14(20)7-15(21)9-16/h1-3,6-9,17,22H,4-5,10-11H2,(H,23,25). The molecule has 0 aromatic heterocycles. The Hall–Kier alpha value is -2.38. The number of benzene rings is 2. The lowest BCUT2D eigenvalue weighted by Crippen LogP contribution is -2.48. The molecular weight excluding hydrogens is 331 g/mol. The second-order valence-electron chi connectivity index (χ2n) is 5.95. The zero-order chi connectivity index (χ0) is 17.8. The molecule has 132 valence electrons. The summed E-state index contributed by atoms with van der Waals surface area (Å²) in [5.41, 5.74) is 0.844. The van der Waals surface area contributed by atoms with Gasteiger partial charge in [0.1, 0.15) is 17.5 Å². The lowest BCUT2D eigenvalue weighted by Gasteiger charge is -2.36. The Balaban J connectivity index is 1.69. The van der Waals surface area contributed by atoms with Gasteiger partial charge in [-0.05, 0) is 29.8 Å². The third kappa shape index (κ3) is 4.58. The van der Waals surface area contributed by atoms with Gasteiger partial charge in [0, 0.05) is 37.4 Å². The number of nitrogens with one attached hydrogen (secondary N) is 2. The van der Waals surface area contributed by atoms with E-state index >= 15 is 0 Å². The maximum atomic E-state index is 13.5. The van der Waals surface area contributed by atoms with Crippen molar-refractivity contribution in [2.24, 2.45) is 0 Å². The van der Waals surface area contributed by atoms with E-state index in [1.54, 1.807) is 6.07 Å². The number of nitrogens with zero attached hydrogens (tertiary/aromatic N) is 1. The van der Waals surface area contributed by atoms with E-state index in [1.807, 2.05) is 11.0 Å². The van der Waals surface area contributed by atoms with Gasteiger partial charge in [-0.15, -0.1) is 0 Å². The number of rotatable bonds is 4. The number of hydrogen-bond acceptors (Lipinski definition) is 3.